The van der Waals surface area contributed by atoms with Crippen molar-refractivity contribution < 1.29 is 4.79 Å². The van der Waals surface area contributed by atoms with Crippen LogP contribution in [0.2, 0.25) is 0 Å². The molecule has 1 amide bonds. The molecule has 3 rings (SSSR count). The number of fused-ring (bicyclic) bond motifs is 2. The van der Waals surface area contributed by atoms with Crippen LogP contribution in [0, 0.1) is 17.8 Å². The number of hydrogen-bond donors (Lipinski definition) is 0. The zero-order valence-corrected chi connectivity index (χ0v) is 12.9. The molecule has 2 aliphatic rings. The topological polar surface area (TPSA) is 25.2 Å². The minimum atomic E-state index is 0.212. The molecule has 0 N–H and O–H groups in total. The van der Waals surface area contributed by atoms with Crippen molar-refractivity contribution in [2.24, 2.45) is 24.8 Å². The van der Waals surface area contributed by atoms with Crippen LogP contribution in [-0.2, 0) is 18.4 Å². The van der Waals surface area contributed by atoms with E-state index in [0.717, 1.165) is 16.6 Å². The fourth-order valence-electron chi connectivity index (χ4n) is 3.39. The largest absolute Gasteiger partial charge is 0.352 e. The summed E-state index contributed by atoms with van der Waals surface area (Å²) >= 11 is 3.47. The van der Waals surface area contributed by atoms with Gasteiger partial charge in [-0.3, -0.25) is 4.79 Å². The lowest BCUT2D eigenvalue weighted by atomic mass is 9.92. The van der Waals surface area contributed by atoms with E-state index in [9.17, 15) is 4.79 Å². The van der Waals surface area contributed by atoms with Gasteiger partial charge >= 0.3 is 0 Å². The van der Waals surface area contributed by atoms with E-state index in [4.69, 9.17) is 0 Å². The second-order valence-electron chi connectivity index (χ2n) is 5.84. The van der Waals surface area contributed by atoms with E-state index in [1.54, 1.807) is 0 Å². The molecule has 19 heavy (non-hydrogen) atoms. The fraction of sp³-hybridized carbons (Fsp3) is 0.533. The minimum absolute atomic E-state index is 0.212. The van der Waals surface area contributed by atoms with Gasteiger partial charge in [0.25, 0.3) is 0 Å². The van der Waals surface area contributed by atoms with Gasteiger partial charge < -0.3 is 9.47 Å². The van der Waals surface area contributed by atoms with Crippen molar-refractivity contribution >= 4 is 21.8 Å². The Balaban J connectivity index is 1.67. The maximum Gasteiger partial charge on any atom is 0.226 e. The van der Waals surface area contributed by atoms with Crippen molar-refractivity contribution in [1.29, 1.82) is 0 Å². The Morgan fingerprint density at radius 1 is 1.47 bits per heavy atom. The van der Waals surface area contributed by atoms with Crippen LogP contribution in [0.5, 0.6) is 0 Å². The van der Waals surface area contributed by atoms with E-state index in [-0.39, 0.29) is 5.92 Å². The molecule has 3 unspecified atom stereocenters. The van der Waals surface area contributed by atoms with Gasteiger partial charge in [-0.15, -0.1) is 0 Å². The molecule has 102 valence electrons. The summed E-state index contributed by atoms with van der Waals surface area (Å²) in [6.07, 6.45) is 8.77. The van der Waals surface area contributed by atoms with E-state index < -0.39 is 0 Å². The first-order valence-corrected chi connectivity index (χ1v) is 7.58. The molecular formula is C15H19BrN2O. The molecule has 3 nitrogen and oxygen atoms in total. The minimum Gasteiger partial charge on any atom is -0.352 e. The summed E-state index contributed by atoms with van der Waals surface area (Å²) in [7, 11) is 3.93. The monoisotopic (exact) mass is 322 g/mol. The van der Waals surface area contributed by atoms with E-state index in [1.165, 1.54) is 6.42 Å². The van der Waals surface area contributed by atoms with Gasteiger partial charge in [0.2, 0.25) is 5.91 Å². The summed E-state index contributed by atoms with van der Waals surface area (Å²) in [5, 5.41) is 0. The smallest absolute Gasteiger partial charge is 0.226 e. The molecular weight excluding hydrogens is 304 g/mol. The Kier molecular flexibility index (Phi) is 3.29. The van der Waals surface area contributed by atoms with Crippen molar-refractivity contribution in [2.45, 2.75) is 19.4 Å². The Bertz CT molecular complexity index is 534. The second kappa shape index (κ2) is 4.82. The molecule has 0 aliphatic heterocycles. The Labute approximate surface area is 122 Å². The van der Waals surface area contributed by atoms with Crippen LogP contribution in [0.3, 0.4) is 0 Å². The maximum atomic E-state index is 12.5. The number of carbonyl (C=O) groups excluding carboxylic acids is 1. The molecule has 4 heteroatoms. The predicted octanol–water partition coefficient (Wildman–Crippen LogP) is 2.96. The number of carbonyl (C=O) groups is 1. The van der Waals surface area contributed by atoms with Crippen LogP contribution in [0.1, 0.15) is 18.5 Å². The van der Waals surface area contributed by atoms with Gasteiger partial charge in [-0.2, -0.15) is 0 Å². The molecule has 1 fully saturated rings. The molecule has 2 bridgehead atoms. The molecule has 0 saturated heterocycles. The standard InChI is InChI=1S/C15H19BrN2O/c1-17-8-12(16)7-13(17)9-18(2)15(19)14-6-10-3-4-11(14)5-10/h3-4,7-8,10-11,14H,5-6,9H2,1-2H3. The third-order valence-electron chi connectivity index (χ3n) is 4.45. The van der Waals surface area contributed by atoms with Crippen molar-refractivity contribution in [3.63, 3.8) is 0 Å². The first kappa shape index (κ1) is 13.0. The van der Waals surface area contributed by atoms with Gasteiger partial charge in [-0.05, 0) is 46.7 Å². The normalized spacial score (nSPS) is 28.1. The van der Waals surface area contributed by atoms with Crippen molar-refractivity contribution in [1.82, 2.24) is 9.47 Å². The molecule has 0 spiro atoms. The summed E-state index contributed by atoms with van der Waals surface area (Å²) in [6.45, 7) is 0.679. The highest BCUT2D eigenvalue weighted by molar-refractivity contribution is 9.10. The number of hydrogen-bond acceptors (Lipinski definition) is 1. The number of allylic oxidation sites excluding steroid dienone is 2. The average molecular weight is 323 g/mol. The lowest BCUT2D eigenvalue weighted by molar-refractivity contribution is -0.135. The first-order chi connectivity index (χ1) is 9.04. The molecule has 1 aromatic rings. The Hall–Kier alpha value is -1.03. The molecule has 2 aliphatic carbocycles. The van der Waals surface area contributed by atoms with Crippen molar-refractivity contribution in [2.75, 3.05) is 7.05 Å². The summed E-state index contributed by atoms with van der Waals surface area (Å²) in [5.74, 6) is 1.65. The highest BCUT2D eigenvalue weighted by atomic mass is 79.9. The summed E-state index contributed by atoms with van der Waals surface area (Å²) in [4.78, 5) is 14.4. The molecule has 1 heterocycles. The first-order valence-electron chi connectivity index (χ1n) is 6.78. The number of halogens is 1. The average Bonchev–Trinajstić information content (AvgIpc) is 3.04. The van der Waals surface area contributed by atoms with Crippen LogP contribution >= 0.6 is 15.9 Å². The van der Waals surface area contributed by atoms with E-state index >= 15 is 0 Å². The number of nitrogens with zero attached hydrogens (tertiary/aromatic N) is 2. The second-order valence-corrected chi connectivity index (χ2v) is 6.76. The van der Waals surface area contributed by atoms with Gasteiger partial charge in [0.1, 0.15) is 0 Å². The molecule has 0 radical (unpaired) electrons. The quantitative estimate of drug-likeness (QED) is 0.785. The third-order valence-corrected chi connectivity index (χ3v) is 4.88. The van der Waals surface area contributed by atoms with Crippen LogP contribution in [0.4, 0.5) is 0 Å². The number of amides is 1. The zero-order valence-electron chi connectivity index (χ0n) is 11.3. The molecule has 0 aromatic carbocycles. The number of aromatic nitrogens is 1. The number of aryl methyl sites for hydroxylation is 1. The Morgan fingerprint density at radius 2 is 2.26 bits per heavy atom. The van der Waals surface area contributed by atoms with Gasteiger partial charge in [0.15, 0.2) is 0 Å². The molecule has 1 saturated carbocycles. The fourth-order valence-corrected chi connectivity index (χ4v) is 3.96. The van der Waals surface area contributed by atoms with Gasteiger partial charge in [-0.25, -0.2) is 0 Å². The maximum absolute atomic E-state index is 12.5. The van der Waals surface area contributed by atoms with Gasteiger partial charge in [0.05, 0.1) is 6.54 Å². The SMILES string of the molecule is CN(Cc1cc(Br)cn1C)C(=O)C1CC2C=CC1C2. The summed E-state index contributed by atoms with van der Waals surface area (Å²) < 4.78 is 3.13. The van der Waals surface area contributed by atoms with E-state index in [2.05, 4.69) is 38.7 Å². The number of rotatable bonds is 3. The zero-order chi connectivity index (χ0) is 13.6. The molecule has 3 atom stereocenters. The van der Waals surface area contributed by atoms with Crippen molar-refractivity contribution in [3.8, 4) is 0 Å². The van der Waals surface area contributed by atoms with Gasteiger partial charge in [-0.1, -0.05) is 12.2 Å². The van der Waals surface area contributed by atoms with Crippen LogP contribution in [0.25, 0.3) is 0 Å². The molecule has 1 aromatic heterocycles. The van der Waals surface area contributed by atoms with E-state index in [0.29, 0.717) is 24.3 Å². The van der Waals surface area contributed by atoms with Crippen molar-refractivity contribution in [3.05, 3.63) is 34.6 Å². The lowest BCUT2D eigenvalue weighted by Crippen LogP contribution is -2.34. The summed E-state index contributed by atoms with van der Waals surface area (Å²) in [5.41, 5.74) is 1.15. The lowest BCUT2D eigenvalue weighted by Gasteiger charge is -2.25. The predicted molar refractivity (Wildman–Crippen MR) is 78.4 cm³/mol. The van der Waals surface area contributed by atoms with Crippen LogP contribution < -0.4 is 0 Å². The highest BCUT2D eigenvalue weighted by Gasteiger charge is 2.40. The Morgan fingerprint density at radius 3 is 2.79 bits per heavy atom. The highest BCUT2D eigenvalue weighted by Crippen LogP contribution is 2.44. The van der Waals surface area contributed by atoms with E-state index in [1.807, 2.05) is 25.2 Å². The summed E-state index contributed by atoms with van der Waals surface area (Å²) in [6, 6.07) is 2.07. The third kappa shape index (κ3) is 2.38. The van der Waals surface area contributed by atoms with Crippen LogP contribution in [0.15, 0.2) is 28.9 Å². The van der Waals surface area contributed by atoms with Crippen LogP contribution in [-0.4, -0.2) is 22.4 Å². The van der Waals surface area contributed by atoms with Gasteiger partial charge in [0, 0.05) is 36.4 Å².